The molecular weight excluding hydrogens is 312 g/mol. The van der Waals surface area contributed by atoms with E-state index in [4.69, 9.17) is 14.5 Å². The molecule has 0 amide bonds. The fraction of sp³-hybridized carbons (Fsp3) is 0.429. The molecule has 2 heterocycles. The van der Waals surface area contributed by atoms with Crippen LogP contribution in [0.5, 0.6) is 11.5 Å². The van der Waals surface area contributed by atoms with E-state index in [1.807, 2.05) is 18.3 Å². The van der Waals surface area contributed by atoms with E-state index in [0.29, 0.717) is 6.10 Å². The maximum Gasteiger partial charge on any atom is 0.165 e. The van der Waals surface area contributed by atoms with Crippen LogP contribution in [-0.4, -0.2) is 30.5 Å². The first-order valence-corrected chi connectivity index (χ1v) is 9.14. The van der Waals surface area contributed by atoms with E-state index in [0.717, 1.165) is 49.4 Å². The molecule has 0 saturated heterocycles. The molecule has 1 aromatic carbocycles. The molecule has 1 fully saturated rings. The summed E-state index contributed by atoms with van der Waals surface area (Å²) in [6.07, 6.45) is 10.6. The Hall–Kier alpha value is -2.36. The molecule has 2 aromatic rings. The van der Waals surface area contributed by atoms with Gasteiger partial charge in [0.1, 0.15) is 0 Å². The highest BCUT2D eigenvalue weighted by Gasteiger charge is 2.25. The van der Waals surface area contributed by atoms with Crippen LogP contribution in [0.2, 0.25) is 0 Å². The average Bonchev–Trinajstić information content (AvgIpc) is 3.16. The SMILES string of the molecule is COc1ccc2c(c1OC1CCCC1)CCN=C2Cc1cccnc1. The monoisotopic (exact) mass is 336 g/mol. The zero-order chi connectivity index (χ0) is 17.1. The second kappa shape index (κ2) is 7.26. The van der Waals surface area contributed by atoms with E-state index in [1.165, 1.54) is 29.5 Å². The molecule has 0 unspecified atom stereocenters. The molecule has 1 saturated carbocycles. The van der Waals surface area contributed by atoms with Gasteiger partial charge in [-0.25, -0.2) is 0 Å². The van der Waals surface area contributed by atoms with Crippen LogP contribution < -0.4 is 9.47 Å². The number of ether oxygens (including phenoxy) is 2. The molecule has 0 atom stereocenters. The summed E-state index contributed by atoms with van der Waals surface area (Å²) < 4.78 is 12.0. The quantitative estimate of drug-likeness (QED) is 0.829. The highest BCUT2D eigenvalue weighted by molar-refractivity contribution is 6.04. The zero-order valence-corrected chi connectivity index (χ0v) is 14.7. The van der Waals surface area contributed by atoms with Crippen LogP contribution >= 0.6 is 0 Å². The van der Waals surface area contributed by atoms with Crippen molar-refractivity contribution in [3.63, 3.8) is 0 Å². The van der Waals surface area contributed by atoms with Crippen LogP contribution in [0.4, 0.5) is 0 Å². The summed E-state index contributed by atoms with van der Waals surface area (Å²) in [6.45, 7) is 0.802. The van der Waals surface area contributed by atoms with Gasteiger partial charge in [0.05, 0.1) is 13.2 Å². The van der Waals surface area contributed by atoms with E-state index >= 15 is 0 Å². The number of aliphatic imine (C=N–C) groups is 1. The van der Waals surface area contributed by atoms with Gasteiger partial charge in [-0.3, -0.25) is 9.98 Å². The Balaban J connectivity index is 1.67. The fourth-order valence-corrected chi connectivity index (χ4v) is 3.82. The molecule has 1 aliphatic heterocycles. The molecule has 0 N–H and O–H groups in total. The highest BCUT2D eigenvalue weighted by Crippen LogP contribution is 2.38. The van der Waals surface area contributed by atoms with Gasteiger partial charge in [-0.1, -0.05) is 6.07 Å². The predicted molar refractivity (Wildman–Crippen MR) is 98.9 cm³/mol. The number of hydrogen-bond donors (Lipinski definition) is 0. The lowest BCUT2D eigenvalue weighted by Crippen LogP contribution is -2.19. The van der Waals surface area contributed by atoms with Gasteiger partial charge in [-0.2, -0.15) is 0 Å². The summed E-state index contributed by atoms with van der Waals surface area (Å²) >= 11 is 0. The number of aromatic nitrogens is 1. The Bertz CT molecular complexity index is 765. The van der Waals surface area contributed by atoms with Crippen molar-refractivity contribution >= 4 is 5.71 Å². The smallest absolute Gasteiger partial charge is 0.165 e. The summed E-state index contributed by atoms with van der Waals surface area (Å²) in [4.78, 5) is 9.01. The lowest BCUT2D eigenvalue weighted by Gasteiger charge is -2.24. The van der Waals surface area contributed by atoms with Crippen molar-refractivity contribution in [3.8, 4) is 11.5 Å². The third kappa shape index (κ3) is 3.39. The van der Waals surface area contributed by atoms with E-state index in [1.54, 1.807) is 13.3 Å². The summed E-state index contributed by atoms with van der Waals surface area (Å²) in [5.74, 6) is 1.78. The van der Waals surface area contributed by atoms with Crippen LogP contribution in [0, 0.1) is 0 Å². The first-order valence-electron chi connectivity index (χ1n) is 9.14. The third-order valence-corrected chi connectivity index (χ3v) is 5.10. The van der Waals surface area contributed by atoms with Crippen LogP contribution in [-0.2, 0) is 12.8 Å². The van der Waals surface area contributed by atoms with Crippen LogP contribution in [0.25, 0.3) is 0 Å². The molecule has 0 radical (unpaired) electrons. The summed E-state index contributed by atoms with van der Waals surface area (Å²) in [5, 5.41) is 0. The molecule has 1 aromatic heterocycles. The minimum Gasteiger partial charge on any atom is -0.493 e. The largest absolute Gasteiger partial charge is 0.493 e. The number of fused-ring (bicyclic) bond motifs is 1. The Morgan fingerprint density at radius 3 is 2.80 bits per heavy atom. The number of benzene rings is 1. The van der Waals surface area contributed by atoms with Crippen LogP contribution in [0.15, 0.2) is 41.7 Å². The van der Waals surface area contributed by atoms with Crippen molar-refractivity contribution in [1.29, 1.82) is 0 Å². The Morgan fingerprint density at radius 1 is 1.16 bits per heavy atom. The van der Waals surface area contributed by atoms with Gasteiger partial charge in [0.15, 0.2) is 11.5 Å². The van der Waals surface area contributed by atoms with Crippen LogP contribution in [0.1, 0.15) is 42.4 Å². The number of hydrogen-bond acceptors (Lipinski definition) is 4. The normalized spacial score (nSPS) is 17.1. The third-order valence-electron chi connectivity index (χ3n) is 5.10. The molecule has 4 heteroatoms. The maximum absolute atomic E-state index is 6.40. The van der Waals surface area contributed by atoms with E-state index < -0.39 is 0 Å². The summed E-state index contributed by atoms with van der Waals surface area (Å²) in [5.41, 5.74) is 4.75. The molecule has 2 aliphatic rings. The van der Waals surface area contributed by atoms with Gasteiger partial charge in [-0.15, -0.1) is 0 Å². The fourth-order valence-electron chi connectivity index (χ4n) is 3.82. The first-order chi connectivity index (χ1) is 12.3. The molecular formula is C21H24N2O2. The average molecular weight is 336 g/mol. The lowest BCUT2D eigenvalue weighted by atomic mass is 9.93. The maximum atomic E-state index is 6.40. The van der Waals surface area contributed by atoms with Gasteiger partial charge in [0.25, 0.3) is 0 Å². The molecule has 25 heavy (non-hydrogen) atoms. The van der Waals surface area contributed by atoms with Gasteiger partial charge in [-0.05, 0) is 55.9 Å². The minimum atomic E-state index is 0.320. The number of methoxy groups -OCH3 is 1. The molecule has 1 aliphatic carbocycles. The standard InChI is InChI=1S/C21H24N2O2/c1-24-20-9-8-17-18(21(20)25-16-6-2-3-7-16)10-12-23-19(17)13-15-5-4-11-22-14-15/h4-5,8-9,11,14,16H,2-3,6-7,10,12-13H2,1H3. The zero-order valence-electron chi connectivity index (χ0n) is 14.7. The molecule has 0 spiro atoms. The molecule has 130 valence electrons. The minimum absolute atomic E-state index is 0.320. The van der Waals surface area contributed by atoms with Crippen molar-refractivity contribution in [2.24, 2.45) is 4.99 Å². The van der Waals surface area contributed by atoms with Gasteiger partial charge in [0, 0.05) is 42.2 Å². The van der Waals surface area contributed by atoms with Crippen molar-refractivity contribution in [3.05, 3.63) is 53.3 Å². The molecule has 4 nitrogen and oxygen atoms in total. The van der Waals surface area contributed by atoms with Gasteiger partial charge < -0.3 is 9.47 Å². The first kappa shape index (κ1) is 16.1. The summed E-state index contributed by atoms with van der Waals surface area (Å²) in [6, 6.07) is 8.22. The van der Waals surface area contributed by atoms with E-state index in [2.05, 4.69) is 17.1 Å². The van der Waals surface area contributed by atoms with Gasteiger partial charge >= 0.3 is 0 Å². The number of pyridine rings is 1. The Labute approximate surface area is 148 Å². The topological polar surface area (TPSA) is 43.7 Å². The molecule has 0 bridgehead atoms. The van der Waals surface area contributed by atoms with Crippen molar-refractivity contribution in [2.45, 2.75) is 44.6 Å². The molecule has 4 rings (SSSR count). The Morgan fingerprint density at radius 2 is 2.04 bits per heavy atom. The number of nitrogens with zero attached hydrogens (tertiary/aromatic N) is 2. The van der Waals surface area contributed by atoms with E-state index in [9.17, 15) is 0 Å². The van der Waals surface area contributed by atoms with Crippen LogP contribution in [0.3, 0.4) is 0 Å². The van der Waals surface area contributed by atoms with Crippen molar-refractivity contribution in [2.75, 3.05) is 13.7 Å². The van der Waals surface area contributed by atoms with E-state index in [-0.39, 0.29) is 0 Å². The number of rotatable bonds is 5. The van der Waals surface area contributed by atoms with Gasteiger partial charge in [0.2, 0.25) is 0 Å². The Kier molecular flexibility index (Phi) is 4.68. The highest BCUT2D eigenvalue weighted by atomic mass is 16.5. The second-order valence-corrected chi connectivity index (χ2v) is 6.76. The van der Waals surface area contributed by atoms with Crippen molar-refractivity contribution < 1.29 is 9.47 Å². The van der Waals surface area contributed by atoms with Crippen molar-refractivity contribution in [1.82, 2.24) is 4.98 Å². The predicted octanol–water partition coefficient (Wildman–Crippen LogP) is 4.00. The summed E-state index contributed by atoms with van der Waals surface area (Å²) in [7, 11) is 1.72. The lowest BCUT2D eigenvalue weighted by molar-refractivity contribution is 0.198. The second-order valence-electron chi connectivity index (χ2n) is 6.76.